The van der Waals surface area contributed by atoms with Gasteiger partial charge in [0.15, 0.2) is 0 Å². The monoisotopic (exact) mass is 325 g/mol. The molecular weight excluding hydrogens is 302 g/mol. The van der Waals surface area contributed by atoms with E-state index in [1.54, 1.807) is 0 Å². The largest absolute Gasteiger partial charge is 0.354 e. The number of rotatable bonds is 4. The highest BCUT2D eigenvalue weighted by Gasteiger charge is 2.20. The van der Waals surface area contributed by atoms with E-state index >= 15 is 0 Å². The fourth-order valence-corrected chi connectivity index (χ4v) is 2.82. The molecule has 1 aliphatic heterocycles. The second-order valence-corrected chi connectivity index (χ2v) is 6.53. The fraction of sp³-hybridized carbons (Fsp3) is 0.667. The van der Waals surface area contributed by atoms with Crippen molar-refractivity contribution in [3.8, 4) is 0 Å². The quantitative estimate of drug-likeness (QED) is 0.919. The van der Waals surface area contributed by atoms with Crippen LogP contribution in [0.15, 0.2) is 16.6 Å². The Morgan fingerprint density at radius 1 is 1.37 bits per heavy atom. The molecule has 19 heavy (non-hydrogen) atoms. The molecule has 2 heterocycles. The lowest BCUT2D eigenvalue weighted by Crippen LogP contribution is -2.40. The van der Waals surface area contributed by atoms with Gasteiger partial charge in [-0.25, -0.2) is 4.98 Å². The van der Waals surface area contributed by atoms with E-state index in [1.807, 2.05) is 0 Å². The van der Waals surface area contributed by atoms with Crippen molar-refractivity contribution in [2.75, 3.05) is 24.5 Å². The first-order valence-corrected chi connectivity index (χ1v) is 7.97. The van der Waals surface area contributed by atoms with Crippen LogP contribution in [0.1, 0.15) is 32.4 Å². The molecule has 0 aliphatic carbocycles. The van der Waals surface area contributed by atoms with Crippen LogP contribution in [0.2, 0.25) is 0 Å². The lowest BCUT2D eigenvalue weighted by molar-refractivity contribution is 0.367. The molecule has 1 aliphatic rings. The third-order valence-corrected chi connectivity index (χ3v) is 4.68. The minimum atomic E-state index is 0.489. The van der Waals surface area contributed by atoms with Gasteiger partial charge in [-0.2, -0.15) is 0 Å². The highest BCUT2D eigenvalue weighted by Crippen LogP contribution is 2.23. The first kappa shape index (κ1) is 14.8. The summed E-state index contributed by atoms with van der Waals surface area (Å²) >= 11 is 3.52. The maximum Gasteiger partial charge on any atom is 0.129 e. The molecule has 4 heteroatoms. The van der Waals surface area contributed by atoms with Crippen LogP contribution in [-0.4, -0.2) is 30.7 Å². The average molecular weight is 326 g/mol. The summed E-state index contributed by atoms with van der Waals surface area (Å²) in [4.78, 5) is 7.16. The molecular formula is C15H24BrN3. The van der Waals surface area contributed by atoms with E-state index in [9.17, 15) is 0 Å². The van der Waals surface area contributed by atoms with E-state index in [-0.39, 0.29) is 0 Å². The van der Waals surface area contributed by atoms with E-state index in [4.69, 9.17) is 4.98 Å². The van der Waals surface area contributed by atoms with E-state index in [0.29, 0.717) is 6.04 Å². The fourth-order valence-electron chi connectivity index (χ4n) is 2.60. The molecule has 1 aromatic heterocycles. The molecule has 1 N–H and O–H groups in total. The number of pyridine rings is 1. The standard InChI is InChI=1S/C15H24BrN3/c1-11(2)19(10-13-6-8-17-9-7-13)15-5-4-14(16)12(3)18-15/h4-5,11,13,17H,6-10H2,1-3H3. The molecule has 0 saturated carbocycles. The molecule has 0 bridgehead atoms. The van der Waals surface area contributed by atoms with Crippen LogP contribution in [0.3, 0.4) is 0 Å². The number of halogens is 1. The molecule has 1 fully saturated rings. The lowest BCUT2D eigenvalue weighted by atomic mass is 9.97. The second-order valence-electron chi connectivity index (χ2n) is 5.68. The van der Waals surface area contributed by atoms with Crippen molar-refractivity contribution in [2.24, 2.45) is 5.92 Å². The third-order valence-electron chi connectivity index (χ3n) is 3.84. The van der Waals surface area contributed by atoms with Gasteiger partial charge in [0.25, 0.3) is 0 Å². The Kier molecular flexibility index (Phi) is 5.22. The van der Waals surface area contributed by atoms with Crippen molar-refractivity contribution in [3.05, 3.63) is 22.3 Å². The number of aromatic nitrogens is 1. The summed E-state index contributed by atoms with van der Waals surface area (Å²) < 4.78 is 1.09. The predicted octanol–water partition coefficient (Wildman–Crippen LogP) is 3.37. The molecule has 106 valence electrons. The van der Waals surface area contributed by atoms with Crippen LogP contribution in [0.5, 0.6) is 0 Å². The van der Waals surface area contributed by atoms with Crippen molar-refractivity contribution < 1.29 is 0 Å². The third kappa shape index (κ3) is 3.93. The van der Waals surface area contributed by atoms with Gasteiger partial charge < -0.3 is 10.2 Å². The molecule has 0 atom stereocenters. The van der Waals surface area contributed by atoms with Gasteiger partial charge in [-0.1, -0.05) is 0 Å². The zero-order valence-corrected chi connectivity index (χ0v) is 13.7. The number of aryl methyl sites for hydroxylation is 1. The maximum absolute atomic E-state index is 4.72. The van der Waals surface area contributed by atoms with E-state index < -0.39 is 0 Å². The summed E-state index contributed by atoms with van der Waals surface area (Å²) in [5.74, 6) is 1.89. The molecule has 0 amide bonds. The van der Waals surface area contributed by atoms with Crippen LogP contribution in [0, 0.1) is 12.8 Å². The van der Waals surface area contributed by atoms with Crippen LogP contribution in [0.4, 0.5) is 5.82 Å². The van der Waals surface area contributed by atoms with Gasteiger partial charge in [-0.3, -0.25) is 0 Å². The summed E-state index contributed by atoms with van der Waals surface area (Å²) in [6, 6.07) is 4.72. The van der Waals surface area contributed by atoms with Gasteiger partial charge in [0, 0.05) is 17.1 Å². The highest BCUT2D eigenvalue weighted by molar-refractivity contribution is 9.10. The Labute approximate surface area is 124 Å². The SMILES string of the molecule is Cc1nc(N(CC2CCNCC2)C(C)C)ccc1Br. The Morgan fingerprint density at radius 2 is 2.05 bits per heavy atom. The highest BCUT2D eigenvalue weighted by atomic mass is 79.9. The topological polar surface area (TPSA) is 28.2 Å². The summed E-state index contributed by atoms with van der Waals surface area (Å²) in [6.07, 6.45) is 2.55. The van der Waals surface area contributed by atoms with Gasteiger partial charge in [-0.05, 0) is 80.7 Å². The van der Waals surface area contributed by atoms with Crippen molar-refractivity contribution in [3.63, 3.8) is 0 Å². The number of anilines is 1. The zero-order valence-electron chi connectivity index (χ0n) is 12.1. The van der Waals surface area contributed by atoms with Gasteiger partial charge in [0.2, 0.25) is 0 Å². The molecule has 3 nitrogen and oxygen atoms in total. The summed E-state index contributed by atoms with van der Waals surface area (Å²) in [5, 5.41) is 3.43. The predicted molar refractivity (Wildman–Crippen MR) is 84.7 cm³/mol. The Hall–Kier alpha value is -0.610. The van der Waals surface area contributed by atoms with Crippen LogP contribution >= 0.6 is 15.9 Å². The molecule has 0 radical (unpaired) electrons. The average Bonchev–Trinajstić information content (AvgIpc) is 2.40. The summed E-state index contributed by atoms with van der Waals surface area (Å²) in [5.41, 5.74) is 1.06. The normalized spacial score (nSPS) is 16.9. The molecule has 0 aromatic carbocycles. The number of hydrogen-bond donors (Lipinski definition) is 1. The first-order valence-electron chi connectivity index (χ1n) is 7.18. The Balaban J connectivity index is 2.12. The van der Waals surface area contributed by atoms with Crippen molar-refractivity contribution in [1.82, 2.24) is 10.3 Å². The molecule has 1 aromatic rings. The van der Waals surface area contributed by atoms with Gasteiger partial charge >= 0.3 is 0 Å². The molecule has 1 saturated heterocycles. The van der Waals surface area contributed by atoms with Gasteiger partial charge in [0.1, 0.15) is 5.82 Å². The number of hydrogen-bond acceptors (Lipinski definition) is 3. The minimum Gasteiger partial charge on any atom is -0.354 e. The Morgan fingerprint density at radius 3 is 2.63 bits per heavy atom. The van der Waals surface area contributed by atoms with Gasteiger partial charge in [0.05, 0.1) is 5.69 Å². The maximum atomic E-state index is 4.72. The minimum absolute atomic E-state index is 0.489. The van der Waals surface area contributed by atoms with E-state index in [1.165, 1.54) is 12.8 Å². The van der Waals surface area contributed by atoms with E-state index in [2.05, 4.69) is 59.1 Å². The number of nitrogens with one attached hydrogen (secondary N) is 1. The first-order chi connectivity index (χ1) is 9.08. The van der Waals surface area contributed by atoms with Crippen LogP contribution in [-0.2, 0) is 0 Å². The van der Waals surface area contributed by atoms with Crippen molar-refractivity contribution >= 4 is 21.7 Å². The van der Waals surface area contributed by atoms with Crippen molar-refractivity contribution in [1.29, 1.82) is 0 Å². The smallest absolute Gasteiger partial charge is 0.129 e. The number of piperidine rings is 1. The zero-order chi connectivity index (χ0) is 13.8. The Bertz CT molecular complexity index is 414. The summed E-state index contributed by atoms with van der Waals surface area (Å²) in [6.45, 7) is 9.98. The second kappa shape index (κ2) is 6.71. The van der Waals surface area contributed by atoms with Crippen LogP contribution in [0.25, 0.3) is 0 Å². The van der Waals surface area contributed by atoms with E-state index in [0.717, 1.165) is 41.5 Å². The number of nitrogens with zero attached hydrogens (tertiary/aromatic N) is 2. The van der Waals surface area contributed by atoms with Crippen molar-refractivity contribution in [2.45, 2.75) is 39.7 Å². The lowest BCUT2D eigenvalue weighted by Gasteiger charge is -2.34. The summed E-state index contributed by atoms with van der Waals surface area (Å²) in [7, 11) is 0. The molecule has 2 rings (SSSR count). The molecule has 0 unspecified atom stereocenters. The van der Waals surface area contributed by atoms with Gasteiger partial charge in [-0.15, -0.1) is 0 Å². The molecule has 0 spiro atoms. The van der Waals surface area contributed by atoms with Crippen LogP contribution < -0.4 is 10.2 Å².